The van der Waals surface area contributed by atoms with E-state index in [0.29, 0.717) is 58.3 Å². The highest BCUT2D eigenvalue weighted by molar-refractivity contribution is 6.31. The second-order valence-corrected chi connectivity index (χ2v) is 21.3. The van der Waals surface area contributed by atoms with Crippen LogP contribution >= 0.6 is 11.6 Å². The summed E-state index contributed by atoms with van der Waals surface area (Å²) in [5, 5.41) is 30.7. The first-order valence-electron chi connectivity index (χ1n) is 23.9. The number of likely N-dealkylation sites (tertiary alicyclic amines) is 2. The molecule has 68 heavy (non-hydrogen) atoms. The number of anilines is 1. The Labute approximate surface area is 404 Å². The largest absolute Gasteiger partial charge is 0.489 e. The van der Waals surface area contributed by atoms with E-state index in [1.54, 1.807) is 31.2 Å². The van der Waals surface area contributed by atoms with Gasteiger partial charge >= 0.3 is 0 Å². The van der Waals surface area contributed by atoms with Gasteiger partial charge in [0.05, 0.1) is 34.8 Å². The lowest BCUT2D eigenvalue weighted by atomic mass is 9.49. The van der Waals surface area contributed by atoms with Crippen LogP contribution < -0.4 is 20.3 Å². The molecule has 8 rings (SSSR count). The van der Waals surface area contributed by atoms with Gasteiger partial charge in [0.1, 0.15) is 35.6 Å². The number of ether oxygens (including phenoxy) is 1. The zero-order chi connectivity index (χ0) is 48.7. The van der Waals surface area contributed by atoms with Gasteiger partial charge in [-0.05, 0) is 79.5 Å². The Morgan fingerprint density at radius 2 is 1.62 bits per heavy atom. The quantitative estimate of drug-likeness (QED) is 0.115. The number of hydrogen-bond donors (Lipinski definition) is 3. The maximum atomic E-state index is 14.1. The van der Waals surface area contributed by atoms with E-state index in [1.165, 1.54) is 4.90 Å². The van der Waals surface area contributed by atoms with Crippen molar-refractivity contribution >= 4 is 40.9 Å². The number of carbonyl (C=O) groups excluding carboxylic acids is 4. The highest BCUT2D eigenvalue weighted by Crippen LogP contribution is 2.55. The number of carbonyl (C=O) groups is 4. The average Bonchev–Trinajstić information content (AvgIpc) is 3.91. The number of aliphatic hydroxyl groups excluding tert-OH is 1. The van der Waals surface area contributed by atoms with E-state index in [1.807, 2.05) is 73.3 Å². The van der Waals surface area contributed by atoms with Gasteiger partial charge in [-0.3, -0.25) is 19.2 Å². The monoisotopic (exact) mass is 945 g/mol. The number of rotatable bonds is 14. The predicted octanol–water partition coefficient (Wildman–Crippen LogP) is 7.44. The molecule has 4 heterocycles. The van der Waals surface area contributed by atoms with Crippen molar-refractivity contribution in [2.75, 3.05) is 37.6 Å². The number of nitrogens with zero attached hydrogens (tertiary/aromatic N) is 5. The molecule has 4 unspecified atom stereocenters. The summed E-state index contributed by atoms with van der Waals surface area (Å²) in [6.45, 7) is 17.1. The van der Waals surface area contributed by atoms with E-state index < -0.39 is 30.0 Å². The van der Waals surface area contributed by atoms with Crippen LogP contribution in [-0.4, -0.2) is 101 Å². The minimum atomic E-state index is -0.907. The maximum absolute atomic E-state index is 14.1. The SMILES string of the molecule is Cc1cc(C(C(=O)N2CC(O)CC2C(=O)NC(CC(=O)N2CCC(C3CN(c4ccc(C(=O)NC5C(C)(C)C(Oc6ccc(C#N)c(Cl)c6)C5(C)C)cc4)C3)CC2)c2ccccc2)C(C)C)on1. The molecule has 1 aromatic heterocycles. The van der Waals surface area contributed by atoms with Crippen molar-refractivity contribution in [2.45, 2.75) is 110 Å². The third-order valence-corrected chi connectivity index (χ3v) is 15.4. The van der Waals surface area contributed by atoms with Gasteiger partial charge < -0.3 is 39.7 Å². The molecule has 360 valence electrons. The molecule has 4 amide bonds. The second kappa shape index (κ2) is 19.6. The second-order valence-electron chi connectivity index (χ2n) is 20.9. The van der Waals surface area contributed by atoms with E-state index in [2.05, 4.69) is 54.5 Å². The van der Waals surface area contributed by atoms with Gasteiger partial charge in [-0.15, -0.1) is 0 Å². The third-order valence-electron chi connectivity index (χ3n) is 15.0. The van der Waals surface area contributed by atoms with Gasteiger partial charge in [0.15, 0.2) is 0 Å². The fourth-order valence-electron chi connectivity index (χ4n) is 11.5. The van der Waals surface area contributed by atoms with Crippen molar-refractivity contribution in [3.63, 3.8) is 0 Å². The highest BCUT2D eigenvalue weighted by atomic mass is 35.5. The van der Waals surface area contributed by atoms with E-state index in [9.17, 15) is 29.5 Å². The molecule has 15 heteroatoms. The van der Waals surface area contributed by atoms with E-state index in [0.717, 1.165) is 37.2 Å². The molecule has 1 aliphatic carbocycles. The normalized spacial score (nSPS) is 23.2. The smallest absolute Gasteiger partial charge is 0.251 e. The van der Waals surface area contributed by atoms with E-state index >= 15 is 0 Å². The van der Waals surface area contributed by atoms with Crippen LogP contribution in [-0.2, 0) is 14.4 Å². The molecule has 1 saturated carbocycles. The molecule has 3 aliphatic heterocycles. The Kier molecular flexibility index (Phi) is 14.0. The number of hydrogen-bond acceptors (Lipinski definition) is 10. The number of piperidine rings is 1. The van der Waals surface area contributed by atoms with Gasteiger partial charge in [-0.1, -0.05) is 88.6 Å². The highest BCUT2D eigenvalue weighted by Gasteiger charge is 2.64. The lowest BCUT2D eigenvalue weighted by Crippen LogP contribution is -2.74. The first-order valence-corrected chi connectivity index (χ1v) is 24.3. The molecular formula is C53H64ClN7O7. The Hall–Kier alpha value is -5.91. The Morgan fingerprint density at radius 1 is 0.941 bits per heavy atom. The number of β-amino-alcohol motifs (C(OH)–C–C–N with tert-alkyl or cyclic N) is 1. The van der Waals surface area contributed by atoms with Gasteiger partial charge in [-0.2, -0.15) is 5.26 Å². The van der Waals surface area contributed by atoms with Crippen LogP contribution in [0.2, 0.25) is 5.02 Å². The molecular weight excluding hydrogens is 882 g/mol. The van der Waals surface area contributed by atoms with Gasteiger partial charge in [-0.25, -0.2) is 0 Å². The summed E-state index contributed by atoms with van der Waals surface area (Å²) in [4.78, 5) is 61.3. The van der Waals surface area contributed by atoms with Crippen molar-refractivity contribution < 1.29 is 33.5 Å². The Bertz CT molecular complexity index is 2510. The summed E-state index contributed by atoms with van der Waals surface area (Å²) in [6, 6.07) is 24.4. The van der Waals surface area contributed by atoms with Crippen LogP contribution in [0.3, 0.4) is 0 Å². The fourth-order valence-corrected chi connectivity index (χ4v) is 11.7. The van der Waals surface area contributed by atoms with Gasteiger partial charge in [0.25, 0.3) is 5.91 Å². The van der Waals surface area contributed by atoms with Crippen molar-refractivity contribution in [2.24, 2.45) is 28.6 Å². The number of aromatic nitrogens is 1. The number of amides is 4. The van der Waals surface area contributed by atoms with Crippen molar-refractivity contribution in [1.29, 1.82) is 5.26 Å². The third kappa shape index (κ3) is 9.83. The van der Waals surface area contributed by atoms with E-state index in [-0.39, 0.29) is 66.0 Å². The summed E-state index contributed by atoms with van der Waals surface area (Å²) in [5.41, 5.74) is 2.76. The first kappa shape index (κ1) is 48.5. The topological polar surface area (TPSA) is 181 Å². The number of aliphatic hydroxyl groups is 1. The molecule has 4 aromatic rings. The number of benzene rings is 3. The summed E-state index contributed by atoms with van der Waals surface area (Å²) in [7, 11) is 0. The molecule has 3 saturated heterocycles. The minimum absolute atomic E-state index is 0.0259. The zero-order valence-corrected chi connectivity index (χ0v) is 40.8. The molecule has 14 nitrogen and oxygen atoms in total. The molecule has 3 aromatic carbocycles. The summed E-state index contributed by atoms with van der Waals surface area (Å²) < 4.78 is 11.9. The zero-order valence-electron chi connectivity index (χ0n) is 40.1. The van der Waals surface area contributed by atoms with Gasteiger partial charge in [0, 0.05) is 79.4 Å². The maximum Gasteiger partial charge on any atom is 0.251 e. The van der Waals surface area contributed by atoms with Crippen LogP contribution in [0.4, 0.5) is 5.69 Å². The van der Waals surface area contributed by atoms with Crippen molar-refractivity contribution in [3.8, 4) is 11.8 Å². The fraction of sp³-hybridized carbons (Fsp3) is 0.509. The molecule has 4 aliphatic rings. The van der Waals surface area contributed by atoms with Gasteiger partial charge in [0.2, 0.25) is 17.7 Å². The number of halogens is 1. The summed E-state index contributed by atoms with van der Waals surface area (Å²) >= 11 is 6.27. The first-order chi connectivity index (χ1) is 32.3. The van der Waals surface area contributed by atoms with Crippen LogP contribution in [0.15, 0.2) is 83.4 Å². The number of nitrogens with one attached hydrogen (secondary N) is 2. The van der Waals surface area contributed by atoms with Crippen LogP contribution in [0, 0.1) is 46.8 Å². The molecule has 0 bridgehead atoms. The minimum Gasteiger partial charge on any atom is -0.489 e. The lowest BCUT2D eigenvalue weighted by Gasteiger charge is -2.63. The molecule has 4 atom stereocenters. The van der Waals surface area contributed by atoms with Crippen LogP contribution in [0.1, 0.15) is 112 Å². The molecule has 4 fully saturated rings. The molecule has 0 radical (unpaired) electrons. The summed E-state index contributed by atoms with van der Waals surface area (Å²) in [6.07, 6.45) is 0.894. The van der Waals surface area contributed by atoms with Crippen LogP contribution in [0.5, 0.6) is 5.75 Å². The molecule has 3 N–H and O–H groups in total. The Morgan fingerprint density at radius 3 is 2.22 bits per heavy atom. The Balaban J connectivity index is 0.814. The lowest BCUT2D eigenvalue weighted by molar-refractivity contribution is -0.164. The molecule has 0 spiro atoms. The van der Waals surface area contributed by atoms with E-state index in [4.69, 9.17) is 20.9 Å². The van der Waals surface area contributed by atoms with Crippen molar-refractivity contribution in [1.82, 2.24) is 25.6 Å². The standard InChI is InChI=1S/C53H64ClN7O7/c1-31(2)46(44-23-32(3)58-68-44)49(66)61-30-39(62)24-43(61)48(65)56-42(34-11-9-8-10-12-34)26-45(63)59-21-19-33(20-22-59)37-28-60(29-37)38-16-13-35(14-17-38)47(64)57-50-52(4,5)51(53(50,6)7)67-40-18-15-36(27-55)41(54)25-40/h8-18,23,25,31,33,37,39,42-43,46,50-51,62H,19-22,24,26,28-30H2,1-7H3,(H,56,65)(H,57,64). The number of nitriles is 1. The van der Waals surface area contributed by atoms with Crippen molar-refractivity contribution in [3.05, 3.63) is 112 Å². The van der Waals surface area contributed by atoms with Crippen LogP contribution in [0.25, 0.3) is 0 Å². The predicted molar refractivity (Wildman–Crippen MR) is 258 cm³/mol. The number of aryl methyl sites for hydroxylation is 1. The summed E-state index contributed by atoms with van der Waals surface area (Å²) in [5.74, 6) is 0.307. The average molecular weight is 947 g/mol.